The maximum Gasteiger partial charge on any atom is 0.323 e. The molecule has 0 aliphatic rings. The second kappa shape index (κ2) is 6.43. The van der Waals surface area contributed by atoms with Crippen LogP contribution in [0, 0.1) is 29.2 Å². The summed E-state index contributed by atoms with van der Waals surface area (Å²) >= 11 is 0. The van der Waals surface area contributed by atoms with Gasteiger partial charge < -0.3 is 10.8 Å². The number of halogens is 4. The minimum absolute atomic E-state index is 0.0449. The lowest BCUT2D eigenvalue weighted by molar-refractivity contribution is -0.143. The zero-order valence-electron chi connectivity index (χ0n) is 11.7. The molecule has 0 radical (unpaired) electrons. The maximum absolute atomic E-state index is 13.6. The number of carboxylic acid groups (broad SMARTS) is 1. The fraction of sp³-hybridized carbons (Fsp3) is 0.500. The molecule has 0 aromatic heterocycles. The summed E-state index contributed by atoms with van der Waals surface area (Å²) in [6.07, 6.45) is 0.0834. The zero-order chi connectivity index (χ0) is 16.4. The average Bonchev–Trinajstić information content (AvgIpc) is 2.39. The predicted molar refractivity (Wildman–Crippen MR) is 68.6 cm³/mol. The van der Waals surface area contributed by atoms with Crippen molar-refractivity contribution in [2.45, 2.75) is 38.6 Å². The zero-order valence-corrected chi connectivity index (χ0v) is 11.7. The van der Waals surface area contributed by atoms with Gasteiger partial charge in [0, 0.05) is 11.6 Å². The molecule has 7 heteroatoms. The third kappa shape index (κ3) is 3.93. The van der Waals surface area contributed by atoms with Crippen molar-refractivity contribution < 1.29 is 27.5 Å². The smallest absolute Gasteiger partial charge is 0.323 e. The van der Waals surface area contributed by atoms with Crippen molar-refractivity contribution in [3.05, 3.63) is 34.9 Å². The minimum Gasteiger partial charge on any atom is -0.480 e. The van der Waals surface area contributed by atoms with Gasteiger partial charge in [0.15, 0.2) is 17.5 Å². The summed E-state index contributed by atoms with van der Waals surface area (Å²) in [7, 11) is 0. The van der Waals surface area contributed by atoms with Gasteiger partial charge in [-0.3, -0.25) is 4.79 Å². The van der Waals surface area contributed by atoms with Crippen LogP contribution in [-0.2, 0) is 11.2 Å². The topological polar surface area (TPSA) is 63.3 Å². The first-order valence-corrected chi connectivity index (χ1v) is 6.44. The van der Waals surface area contributed by atoms with Gasteiger partial charge in [0.2, 0.25) is 0 Å². The highest BCUT2D eigenvalue weighted by Crippen LogP contribution is 2.27. The highest BCUT2D eigenvalue weighted by Gasteiger charge is 2.32. The van der Waals surface area contributed by atoms with Gasteiger partial charge >= 0.3 is 5.97 Å². The summed E-state index contributed by atoms with van der Waals surface area (Å²) in [5.41, 5.74) is 3.44. The Balaban J connectivity index is 3.03. The van der Waals surface area contributed by atoms with Crippen LogP contribution in [0.3, 0.4) is 0 Å². The van der Waals surface area contributed by atoms with Crippen molar-refractivity contribution in [1.29, 1.82) is 0 Å². The number of hydrogen-bond acceptors (Lipinski definition) is 2. The van der Waals surface area contributed by atoms with Gasteiger partial charge in [-0.25, -0.2) is 17.6 Å². The van der Waals surface area contributed by atoms with E-state index >= 15 is 0 Å². The molecule has 0 spiro atoms. The number of hydrogen-bond donors (Lipinski definition) is 2. The van der Waals surface area contributed by atoms with Crippen LogP contribution in [0.25, 0.3) is 0 Å². The van der Waals surface area contributed by atoms with Crippen molar-refractivity contribution in [3.8, 4) is 0 Å². The average molecular weight is 307 g/mol. The number of benzene rings is 1. The minimum atomic E-state index is -1.74. The molecule has 21 heavy (non-hydrogen) atoms. The third-order valence-corrected chi connectivity index (χ3v) is 3.48. The van der Waals surface area contributed by atoms with Crippen LogP contribution in [0.1, 0.15) is 32.3 Å². The summed E-state index contributed by atoms with van der Waals surface area (Å²) in [5.74, 6) is -7.85. The van der Waals surface area contributed by atoms with E-state index in [1.807, 2.05) is 0 Å². The maximum atomic E-state index is 13.6. The SMILES string of the molecule is CCC(Cc1c(F)cc(F)c(F)c1F)CC(C)(N)C(=O)O. The van der Waals surface area contributed by atoms with Crippen molar-refractivity contribution in [1.82, 2.24) is 0 Å². The van der Waals surface area contributed by atoms with E-state index in [4.69, 9.17) is 10.8 Å². The molecule has 0 heterocycles. The molecule has 1 rings (SSSR count). The molecule has 0 saturated heterocycles. The van der Waals surface area contributed by atoms with Crippen LogP contribution in [0.15, 0.2) is 6.07 Å². The first kappa shape index (κ1) is 17.4. The fourth-order valence-electron chi connectivity index (χ4n) is 2.13. The summed E-state index contributed by atoms with van der Waals surface area (Å²) in [5, 5.41) is 8.96. The Morgan fingerprint density at radius 2 is 1.86 bits per heavy atom. The van der Waals surface area contributed by atoms with Gasteiger partial charge in [0.25, 0.3) is 0 Å². The van der Waals surface area contributed by atoms with Crippen molar-refractivity contribution in [3.63, 3.8) is 0 Å². The predicted octanol–water partition coefficient (Wildman–Crippen LogP) is 3.00. The quantitative estimate of drug-likeness (QED) is 0.482. The molecule has 0 aliphatic carbocycles. The van der Waals surface area contributed by atoms with Crippen LogP contribution >= 0.6 is 0 Å². The monoisotopic (exact) mass is 307 g/mol. The van der Waals surface area contributed by atoms with E-state index in [9.17, 15) is 22.4 Å². The Hall–Kier alpha value is -1.63. The molecule has 2 unspecified atom stereocenters. The molecule has 0 amide bonds. The lowest BCUT2D eigenvalue weighted by Crippen LogP contribution is -2.46. The summed E-state index contributed by atoms with van der Waals surface area (Å²) in [6.45, 7) is 2.98. The van der Waals surface area contributed by atoms with E-state index in [1.54, 1.807) is 6.92 Å². The van der Waals surface area contributed by atoms with Gasteiger partial charge in [0.1, 0.15) is 11.4 Å². The second-order valence-corrected chi connectivity index (χ2v) is 5.35. The molecular formula is C14H17F4NO2. The van der Waals surface area contributed by atoms with Gasteiger partial charge in [-0.15, -0.1) is 0 Å². The second-order valence-electron chi connectivity index (χ2n) is 5.35. The van der Waals surface area contributed by atoms with E-state index in [0.717, 1.165) is 0 Å². The molecule has 0 bridgehead atoms. The van der Waals surface area contributed by atoms with Crippen molar-refractivity contribution in [2.24, 2.45) is 11.7 Å². The molecule has 0 aliphatic heterocycles. The number of carboxylic acids is 1. The Kier molecular flexibility index (Phi) is 5.33. The number of rotatable bonds is 6. The van der Waals surface area contributed by atoms with E-state index in [1.165, 1.54) is 6.92 Å². The van der Waals surface area contributed by atoms with Gasteiger partial charge in [-0.05, 0) is 25.7 Å². The number of carbonyl (C=O) groups is 1. The van der Waals surface area contributed by atoms with Crippen LogP contribution < -0.4 is 5.73 Å². The Morgan fingerprint density at radius 3 is 2.33 bits per heavy atom. The van der Waals surface area contributed by atoms with E-state index in [-0.39, 0.29) is 18.9 Å². The molecule has 118 valence electrons. The van der Waals surface area contributed by atoms with Crippen LogP contribution in [-0.4, -0.2) is 16.6 Å². The molecule has 0 fully saturated rings. The van der Waals surface area contributed by atoms with E-state index < -0.39 is 46.3 Å². The van der Waals surface area contributed by atoms with Gasteiger partial charge in [-0.2, -0.15) is 0 Å². The van der Waals surface area contributed by atoms with E-state index in [2.05, 4.69) is 0 Å². The molecule has 1 aromatic carbocycles. The lowest BCUT2D eigenvalue weighted by Gasteiger charge is -2.25. The Morgan fingerprint density at radius 1 is 1.29 bits per heavy atom. The molecule has 0 saturated carbocycles. The van der Waals surface area contributed by atoms with E-state index in [0.29, 0.717) is 6.42 Å². The fourth-order valence-corrected chi connectivity index (χ4v) is 2.13. The first-order chi connectivity index (χ1) is 9.60. The normalized spacial score (nSPS) is 15.6. The van der Waals surface area contributed by atoms with Crippen LogP contribution in [0.4, 0.5) is 17.6 Å². The number of aliphatic carboxylic acids is 1. The summed E-state index contributed by atoms with van der Waals surface area (Å²) in [6, 6.07) is 0.277. The standard InChI is InChI=1S/C14H17F4NO2/c1-3-7(6-14(2,19)13(20)21)4-8-9(15)5-10(16)12(18)11(8)17/h5,7H,3-4,6,19H2,1-2H3,(H,20,21). The Labute approximate surface area is 119 Å². The largest absolute Gasteiger partial charge is 0.480 e. The van der Waals surface area contributed by atoms with Crippen molar-refractivity contribution in [2.75, 3.05) is 0 Å². The molecular weight excluding hydrogens is 290 g/mol. The number of nitrogens with two attached hydrogens (primary N) is 1. The highest BCUT2D eigenvalue weighted by atomic mass is 19.2. The van der Waals surface area contributed by atoms with Gasteiger partial charge in [-0.1, -0.05) is 13.3 Å². The van der Waals surface area contributed by atoms with Gasteiger partial charge in [0.05, 0.1) is 0 Å². The Bertz CT molecular complexity index is 546. The van der Waals surface area contributed by atoms with Crippen molar-refractivity contribution >= 4 is 5.97 Å². The lowest BCUT2D eigenvalue weighted by atomic mass is 9.84. The molecule has 3 N–H and O–H groups in total. The van der Waals surface area contributed by atoms with Crippen LogP contribution in [0.2, 0.25) is 0 Å². The highest BCUT2D eigenvalue weighted by molar-refractivity contribution is 5.77. The van der Waals surface area contributed by atoms with Crippen LogP contribution in [0.5, 0.6) is 0 Å². The summed E-state index contributed by atoms with van der Waals surface area (Å²) in [4.78, 5) is 11.0. The molecule has 1 aromatic rings. The molecule has 3 nitrogen and oxygen atoms in total. The first-order valence-electron chi connectivity index (χ1n) is 6.44. The molecule has 2 atom stereocenters. The summed E-state index contributed by atoms with van der Waals surface area (Å²) < 4.78 is 53.2. The third-order valence-electron chi connectivity index (χ3n) is 3.48.